The minimum Gasteiger partial charge on any atom is -0.378 e. The molecule has 4 heteroatoms. The van der Waals surface area contributed by atoms with Gasteiger partial charge < -0.3 is 9.64 Å². The molecule has 3 rings (SSSR count). The molecule has 2 saturated heterocycles. The number of benzene rings is 1. The molecular formula is C17H24N2O2. The molecule has 4 nitrogen and oxygen atoms in total. The van der Waals surface area contributed by atoms with Gasteiger partial charge in [-0.2, -0.15) is 0 Å². The van der Waals surface area contributed by atoms with Gasteiger partial charge in [-0.1, -0.05) is 30.3 Å². The summed E-state index contributed by atoms with van der Waals surface area (Å²) in [6.45, 7) is 4.47. The van der Waals surface area contributed by atoms with Gasteiger partial charge in [0.05, 0.1) is 19.8 Å². The fourth-order valence-electron chi connectivity index (χ4n) is 3.31. The SMILES string of the molecule is O=C(CN1CCCC1Cc1ccccc1)N1CCOCC1. The van der Waals surface area contributed by atoms with Crippen LogP contribution in [-0.2, 0) is 16.0 Å². The first kappa shape index (κ1) is 14.5. The summed E-state index contributed by atoms with van der Waals surface area (Å²) < 4.78 is 5.31. The van der Waals surface area contributed by atoms with E-state index in [2.05, 4.69) is 35.2 Å². The largest absolute Gasteiger partial charge is 0.378 e. The van der Waals surface area contributed by atoms with E-state index in [9.17, 15) is 4.79 Å². The van der Waals surface area contributed by atoms with Crippen molar-refractivity contribution in [1.82, 2.24) is 9.80 Å². The number of hydrogen-bond donors (Lipinski definition) is 0. The van der Waals surface area contributed by atoms with Crippen molar-refractivity contribution in [2.45, 2.75) is 25.3 Å². The Bertz CT molecular complexity index is 457. The number of carbonyl (C=O) groups excluding carboxylic acids is 1. The third-order valence-electron chi connectivity index (χ3n) is 4.52. The Balaban J connectivity index is 1.55. The van der Waals surface area contributed by atoms with E-state index >= 15 is 0 Å². The van der Waals surface area contributed by atoms with Crippen LogP contribution in [0, 0.1) is 0 Å². The van der Waals surface area contributed by atoms with Gasteiger partial charge >= 0.3 is 0 Å². The standard InChI is InChI=1S/C17H24N2O2/c20-17(18-9-11-21-12-10-18)14-19-8-4-7-16(19)13-15-5-2-1-3-6-15/h1-3,5-6,16H,4,7-14H2. The highest BCUT2D eigenvalue weighted by atomic mass is 16.5. The highest BCUT2D eigenvalue weighted by Crippen LogP contribution is 2.21. The predicted octanol–water partition coefficient (Wildman–Crippen LogP) is 1.55. The first-order valence-electron chi connectivity index (χ1n) is 7.96. The molecule has 1 aromatic carbocycles. The Morgan fingerprint density at radius 3 is 2.67 bits per heavy atom. The molecule has 0 spiro atoms. The van der Waals surface area contributed by atoms with Gasteiger partial charge in [0.15, 0.2) is 0 Å². The van der Waals surface area contributed by atoms with Gasteiger partial charge in [-0.15, -0.1) is 0 Å². The molecule has 0 radical (unpaired) electrons. The van der Waals surface area contributed by atoms with E-state index in [4.69, 9.17) is 4.74 Å². The molecule has 1 atom stereocenters. The summed E-state index contributed by atoms with van der Waals surface area (Å²) in [5, 5.41) is 0. The zero-order valence-corrected chi connectivity index (χ0v) is 12.5. The van der Waals surface area contributed by atoms with Crippen LogP contribution in [0.15, 0.2) is 30.3 Å². The van der Waals surface area contributed by atoms with Gasteiger partial charge in [-0.05, 0) is 31.4 Å². The summed E-state index contributed by atoms with van der Waals surface area (Å²) in [6.07, 6.45) is 3.45. The van der Waals surface area contributed by atoms with E-state index in [-0.39, 0.29) is 5.91 Å². The molecule has 1 aromatic rings. The van der Waals surface area contributed by atoms with Gasteiger partial charge in [-0.3, -0.25) is 9.69 Å². The van der Waals surface area contributed by atoms with Crippen LogP contribution >= 0.6 is 0 Å². The quantitative estimate of drug-likeness (QED) is 0.843. The van der Waals surface area contributed by atoms with Gasteiger partial charge in [0.1, 0.15) is 0 Å². The number of rotatable bonds is 4. The van der Waals surface area contributed by atoms with Crippen LogP contribution < -0.4 is 0 Å². The smallest absolute Gasteiger partial charge is 0.236 e. The molecular weight excluding hydrogens is 264 g/mol. The molecule has 0 aliphatic carbocycles. The van der Waals surface area contributed by atoms with E-state index in [1.807, 2.05) is 4.90 Å². The van der Waals surface area contributed by atoms with E-state index in [0.717, 1.165) is 26.1 Å². The molecule has 0 aromatic heterocycles. The first-order valence-corrected chi connectivity index (χ1v) is 7.96. The molecule has 0 N–H and O–H groups in total. The van der Waals surface area contributed by atoms with E-state index in [1.165, 1.54) is 18.4 Å². The van der Waals surface area contributed by atoms with E-state index < -0.39 is 0 Å². The lowest BCUT2D eigenvalue weighted by molar-refractivity contribution is -0.136. The lowest BCUT2D eigenvalue weighted by Crippen LogP contribution is -2.47. The second kappa shape index (κ2) is 7.05. The maximum absolute atomic E-state index is 12.4. The fraction of sp³-hybridized carbons (Fsp3) is 0.588. The first-order chi connectivity index (χ1) is 10.3. The summed E-state index contributed by atoms with van der Waals surface area (Å²) in [4.78, 5) is 16.7. The van der Waals surface area contributed by atoms with Crippen LogP contribution in [0.5, 0.6) is 0 Å². The maximum atomic E-state index is 12.4. The van der Waals surface area contributed by atoms with Gasteiger partial charge in [0, 0.05) is 19.1 Å². The Kier molecular flexibility index (Phi) is 4.88. The lowest BCUT2D eigenvalue weighted by Gasteiger charge is -2.30. The van der Waals surface area contributed by atoms with Crippen LogP contribution in [0.1, 0.15) is 18.4 Å². The number of ether oxygens (including phenoxy) is 1. The van der Waals surface area contributed by atoms with Crippen LogP contribution in [-0.4, -0.2) is 61.1 Å². The second-order valence-electron chi connectivity index (χ2n) is 5.95. The van der Waals surface area contributed by atoms with Crippen molar-refractivity contribution in [3.63, 3.8) is 0 Å². The molecule has 2 heterocycles. The zero-order valence-electron chi connectivity index (χ0n) is 12.5. The fourth-order valence-corrected chi connectivity index (χ4v) is 3.31. The van der Waals surface area contributed by atoms with Crippen molar-refractivity contribution in [3.8, 4) is 0 Å². The van der Waals surface area contributed by atoms with Crippen LogP contribution in [0.4, 0.5) is 0 Å². The number of likely N-dealkylation sites (tertiary alicyclic amines) is 1. The van der Waals surface area contributed by atoms with Crippen molar-refractivity contribution >= 4 is 5.91 Å². The zero-order chi connectivity index (χ0) is 14.5. The van der Waals surface area contributed by atoms with Crippen molar-refractivity contribution in [3.05, 3.63) is 35.9 Å². The minimum absolute atomic E-state index is 0.262. The molecule has 2 aliphatic heterocycles. The number of carbonyl (C=O) groups is 1. The Morgan fingerprint density at radius 2 is 1.90 bits per heavy atom. The third-order valence-corrected chi connectivity index (χ3v) is 4.52. The van der Waals surface area contributed by atoms with Gasteiger partial charge in [0.2, 0.25) is 5.91 Å². The summed E-state index contributed by atoms with van der Waals surface area (Å²) in [7, 11) is 0. The molecule has 0 saturated carbocycles. The van der Waals surface area contributed by atoms with Crippen LogP contribution in [0.3, 0.4) is 0 Å². The van der Waals surface area contributed by atoms with E-state index in [1.54, 1.807) is 0 Å². The topological polar surface area (TPSA) is 32.8 Å². The van der Waals surface area contributed by atoms with Crippen molar-refractivity contribution in [2.24, 2.45) is 0 Å². The maximum Gasteiger partial charge on any atom is 0.236 e. The third kappa shape index (κ3) is 3.83. The lowest BCUT2D eigenvalue weighted by atomic mass is 10.0. The van der Waals surface area contributed by atoms with Crippen LogP contribution in [0.25, 0.3) is 0 Å². The average molecular weight is 288 g/mol. The minimum atomic E-state index is 0.262. The Hall–Kier alpha value is -1.39. The summed E-state index contributed by atoms with van der Waals surface area (Å²) in [6, 6.07) is 11.1. The van der Waals surface area contributed by atoms with Gasteiger partial charge in [-0.25, -0.2) is 0 Å². The highest BCUT2D eigenvalue weighted by Gasteiger charge is 2.28. The molecule has 2 aliphatic rings. The van der Waals surface area contributed by atoms with Gasteiger partial charge in [0.25, 0.3) is 0 Å². The molecule has 1 amide bonds. The number of nitrogens with zero attached hydrogens (tertiary/aromatic N) is 2. The molecule has 2 fully saturated rings. The van der Waals surface area contributed by atoms with Crippen molar-refractivity contribution in [1.29, 1.82) is 0 Å². The predicted molar refractivity (Wildman–Crippen MR) is 82.1 cm³/mol. The Labute approximate surface area is 126 Å². The van der Waals surface area contributed by atoms with E-state index in [0.29, 0.717) is 25.8 Å². The number of morpholine rings is 1. The summed E-state index contributed by atoms with van der Waals surface area (Å²) in [5.41, 5.74) is 1.37. The molecule has 0 bridgehead atoms. The van der Waals surface area contributed by atoms with Crippen LogP contribution in [0.2, 0.25) is 0 Å². The van der Waals surface area contributed by atoms with Crippen molar-refractivity contribution < 1.29 is 9.53 Å². The normalized spacial score (nSPS) is 23.4. The number of hydrogen-bond acceptors (Lipinski definition) is 3. The molecule has 114 valence electrons. The average Bonchev–Trinajstić information content (AvgIpc) is 2.96. The summed E-state index contributed by atoms with van der Waals surface area (Å²) in [5.74, 6) is 0.262. The van der Waals surface area contributed by atoms with Crippen molar-refractivity contribution in [2.75, 3.05) is 39.4 Å². The molecule has 21 heavy (non-hydrogen) atoms. The Morgan fingerprint density at radius 1 is 1.14 bits per heavy atom. The highest BCUT2D eigenvalue weighted by molar-refractivity contribution is 5.78. The summed E-state index contributed by atoms with van der Waals surface area (Å²) >= 11 is 0. The second-order valence-corrected chi connectivity index (χ2v) is 5.95. The monoisotopic (exact) mass is 288 g/mol. The number of amides is 1. The molecule has 1 unspecified atom stereocenters.